The summed E-state index contributed by atoms with van der Waals surface area (Å²) in [7, 11) is 0. The molecular weight excluding hydrogens is 798 g/mol. The van der Waals surface area contributed by atoms with Crippen molar-refractivity contribution in [1.29, 1.82) is 0 Å². The van der Waals surface area contributed by atoms with Crippen molar-refractivity contribution in [2.24, 2.45) is 87.3 Å². The largest absolute Gasteiger partial charge is 0.358 e. The topological polar surface area (TPSA) is 0 Å². The Morgan fingerprint density at radius 1 is 0.483 bits per heavy atom. The average molecular weight is 913 g/mol. The molecule has 12 aliphatic rings. The zero-order valence-corrected chi connectivity index (χ0v) is 47.3. The monoisotopic (exact) mass is 913 g/mol. The molecule has 1 radical (unpaired) electrons. The summed E-state index contributed by atoms with van der Waals surface area (Å²) in [5.74, 6) is 13.2. The van der Waals surface area contributed by atoms with Crippen LogP contribution in [0.2, 0.25) is 0 Å². The predicted molar refractivity (Wildman–Crippen MR) is 274 cm³/mol. The summed E-state index contributed by atoms with van der Waals surface area (Å²) >= 11 is 0. The molecule has 60 heavy (non-hydrogen) atoms. The van der Waals surface area contributed by atoms with Gasteiger partial charge in [0.2, 0.25) is 0 Å². The van der Waals surface area contributed by atoms with Crippen molar-refractivity contribution < 1.29 is 32.7 Å². The number of fused-ring (bicyclic) bond motifs is 6. The Labute approximate surface area is 408 Å². The van der Waals surface area contributed by atoms with Crippen LogP contribution in [0.3, 0.4) is 0 Å². The molecule has 12 saturated carbocycles. The Hall–Kier alpha value is 0.324. The van der Waals surface area contributed by atoms with Crippen LogP contribution in [0.15, 0.2) is 30.3 Å². The zero-order valence-electron chi connectivity index (χ0n) is 44.4. The van der Waals surface area contributed by atoms with Crippen molar-refractivity contribution in [2.75, 3.05) is 0 Å². The third kappa shape index (κ3) is 17.3. The minimum Gasteiger partial charge on any atom is -0.358 e. The SMILES string of the molecule is C.C1C2CC3CC1CC(C2)C3.C1CC2CCC1C2.CC.CC.CC.CC.CC.CC1CC(C)C2CC1C2(C)C.CCC1(C)CCC2CC1C2(C)C.Cc1ccccc1.[CH3-].[Y]. The van der Waals surface area contributed by atoms with Gasteiger partial charge < -0.3 is 7.43 Å². The van der Waals surface area contributed by atoms with Gasteiger partial charge in [-0.2, -0.15) is 0 Å². The molecule has 0 spiro atoms. The van der Waals surface area contributed by atoms with Crippen molar-refractivity contribution in [2.45, 2.75) is 248 Å². The van der Waals surface area contributed by atoms with Gasteiger partial charge >= 0.3 is 0 Å². The van der Waals surface area contributed by atoms with Crippen LogP contribution >= 0.6 is 0 Å². The maximum Gasteiger partial charge on any atom is 0 e. The molecule has 7 unspecified atom stereocenters. The minimum absolute atomic E-state index is 0. The van der Waals surface area contributed by atoms with E-state index in [1.165, 1.54) is 79.6 Å². The summed E-state index contributed by atoms with van der Waals surface area (Å²) in [5.41, 5.74) is 3.35. The number of hydrogen-bond donors (Lipinski definition) is 0. The third-order valence-electron chi connectivity index (χ3n) is 17.3. The molecule has 0 aromatic heterocycles. The molecule has 0 heterocycles. The number of hydrogen-bond acceptors (Lipinski definition) is 0. The molecule has 12 fully saturated rings. The molecule has 1 heteroatoms. The molecule has 0 saturated heterocycles. The molecule has 1 aromatic carbocycles. The fraction of sp³-hybridized carbons (Fsp3) is 0.881. The molecule has 10 bridgehead atoms. The van der Waals surface area contributed by atoms with E-state index in [1.807, 2.05) is 87.4 Å². The van der Waals surface area contributed by atoms with Gasteiger partial charge in [-0.3, -0.25) is 0 Å². The van der Waals surface area contributed by atoms with Crippen LogP contribution in [0, 0.1) is 102 Å². The van der Waals surface area contributed by atoms with Crippen LogP contribution in [0.4, 0.5) is 0 Å². The minimum atomic E-state index is 0. The molecule has 1 aromatic rings. The molecule has 0 aliphatic heterocycles. The Balaban J connectivity index is -0.000000641. The van der Waals surface area contributed by atoms with Crippen LogP contribution in [0.5, 0.6) is 0 Å². The van der Waals surface area contributed by atoms with Gasteiger partial charge in [-0.25, -0.2) is 0 Å². The van der Waals surface area contributed by atoms with Crippen molar-refractivity contribution in [1.82, 2.24) is 0 Å². The van der Waals surface area contributed by atoms with Crippen LogP contribution in [-0.2, 0) is 32.7 Å². The second kappa shape index (κ2) is 32.1. The normalized spacial score (nSPS) is 36.5. The quantitative estimate of drug-likeness (QED) is 0.246. The van der Waals surface area contributed by atoms with Gasteiger partial charge in [0.25, 0.3) is 0 Å². The Morgan fingerprint density at radius 2 is 0.833 bits per heavy atom. The maximum atomic E-state index is 2.51. The first-order valence-electron chi connectivity index (χ1n) is 26.3. The van der Waals surface area contributed by atoms with Gasteiger partial charge in [0.15, 0.2) is 0 Å². The van der Waals surface area contributed by atoms with Crippen LogP contribution in [0.1, 0.15) is 247 Å². The first-order chi connectivity index (χ1) is 27.3. The van der Waals surface area contributed by atoms with Crippen LogP contribution < -0.4 is 0 Å². The van der Waals surface area contributed by atoms with E-state index in [1.54, 1.807) is 70.6 Å². The molecule has 355 valence electrons. The second-order valence-corrected chi connectivity index (χ2v) is 21.0. The Bertz CT molecular complexity index is 1040. The van der Waals surface area contributed by atoms with E-state index in [4.69, 9.17) is 0 Å². The van der Waals surface area contributed by atoms with E-state index in [9.17, 15) is 0 Å². The molecule has 0 N–H and O–H groups in total. The Morgan fingerprint density at radius 3 is 1.03 bits per heavy atom. The first-order valence-corrected chi connectivity index (χ1v) is 26.3. The van der Waals surface area contributed by atoms with Gasteiger partial charge in [-0.15, -0.1) is 0 Å². The number of rotatable bonds is 1. The van der Waals surface area contributed by atoms with Crippen LogP contribution in [-0.4, -0.2) is 0 Å². The van der Waals surface area contributed by atoms with Crippen LogP contribution in [0.25, 0.3) is 0 Å². The van der Waals surface area contributed by atoms with Crippen molar-refractivity contribution in [3.8, 4) is 0 Å². The predicted octanol–water partition coefficient (Wildman–Crippen LogP) is 20.4. The summed E-state index contributed by atoms with van der Waals surface area (Å²) in [6, 6.07) is 10.3. The van der Waals surface area contributed by atoms with Gasteiger partial charge in [0.05, 0.1) is 0 Å². The third-order valence-corrected chi connectivity index (χ3v) is 17.3. The van der Waals surface area contributed by atoms with Gasteiger partial charge in [-0.1, -0.05) is 200 Å². The molecular formula is C59H115Y-. The molecule has 0 nitrogen and oxygen atoms in total. The number of benzene rings is 1. The smallest absolute Gasteiger partial charge is 0 e. The fourth-order valence-corrected chi connectivity index (χ4v) is 14.3. The van der Waals surface area contributed by atoms with Gasteiger partial charge in [0.1, 0.15) is 0 Å². The second-order valence-electron chi connectivity index (χ2n) is 21.0. The first kappa shape index (κ1) is 64.6. The van der Waals surface area contributed by atoms with Crippen molar-refractivity contribution in [3.05, 3.63) is 43.3 Å². The molecule has 7 atom stereocenters. The van der Waals surface area contributed by atoms with E-state index in [2.05, 4.69) is 74.4 Å². The summed E-state index contributed by atoms with van der Waals surface area (Å²) in [6.07, 6.45) is 26.3. The van der Waals surface area contributed by atoms with Crippen molar-refractivity contribution >= 4 is 0 Å². The van der Waals surface area contributed by atoms with E-state index in [0.29, 0.717) is 16.2 Å². The fourth-order valence-electron chi connectivity index (χ4n) is 14.3. The molecule has 13 rings (SSSR count). The van der Waals surface area contributed by atoms with E-state index >= 15 is 0 Å². The maximum absolute atomic E-state index is 2.51. The zero-order chi connectivity index (χ0) is 43.6. The summed E-state index contributed by atoms with van der Waals surface area (Å²) < 4.78 is 0. The molecule has 12 aliphatic carbocycles. The van der Waals surface area contributed by atoms with E-state index in [-0.39, 0.29) is 47.6 Å². The Kier molecular flexibility index (Phi) is 34.5. The number of aryl methyl sites for hydroxylation is 1. The average Bonchev–Trinajstić information content (AvgIpc) is 3.89. The van der Waals surface area contributed by atoms with E-state index < -0.39 is 0 Å². The summed E-state index contributed by atoms with van der Waals surface area (Å²) in [6.45, 7) is 41.8. The molecule has 0 amide bonds. The summed E-state index contributed by atoms with van der Waals surface area (Å²) in [4.78, 5) is 0. The van der Waals surface area contributed by atoms with E-state index in [0.717, 1.165) is 35.5 Å². The van der Waals surface area contributed by atoms with Gasteiger partial charge in [-0.05, 0) is 171 Å². The standard InChI is InChI=1S/C12H22.C11H20.C10H16.C7H12.C7H8.5C2H6.CH4.CH3.Y/c1-5-12(4)7-6-9-8-10(12)11(9,2)3;1-7-5-8(2)10-6-9(7)11(10,3)4;1-7-2-9-4-8(1)5-10(3-7)6-9;1-2-7-4-3-6(1)5-7;1-7-5-3-2-4-6-7;5*1-2;;;/h9-10H,5-8H2,1-4H3;7-10H,5-6H2,1-4H3;7-10H,1-6H2;6-7H,1-5H2;2-6H,1H3;5*1-2H3;1H4;1H3;/q;;;;;;;;;;;-1;. The van der Waals surface area contributed by atoms with Crippen molar-refractivity contribution in [3.63, 3.8) is 0 Å². The van der Waals surface area contributed by atoms with Gasteiger partial charge in [0, 0.05) is 32.7 Å². The summed E-state index contributed by atoms with van der Waals surface area (Å²) in [5, 5.41) is 0.